The predicted octanol–water partition coefficient (Wildman–Crippen LogP) is 2.06. The summed E-state index contributed by atoms with van der Waals surface area (Å²) in [6.45, 7) is 6.14. The SMILES string of the molecule is CCCn1cnnc1CNC1CCN(c2ccccc2)C1. The van der Waals surface area contributed by atoms with Gasteiger partial charge in [0.1, 0.15) is 12.2 Å². The number of hydrogen-bond donors (Lipinski definition) is 1. The molecule has 5 heteroatoms. The molecule has 1 aromatic carbocycles. The Morgan fingerprint density at radius 3 is 2.95 bits per heavy atom. The minimum atomic E-state index is 0.525. The van der Waals surface area contributed by atoms with Gasteiger partial charge < -0.3 is 14.8 Å². The molecule has 5 nitrogen and oxygen atoms in total. The van der Waals surface area contributed by atoms with Crippen LogP contribution >= 0.6 is 0 Å². The van der Waals surface area contributed by atoms with Crippen LogP contribution in [-0.2, 0) is 13.1 Å². The average Bonchev–Trinajstić information content (AvgIpc) is 3.16. The summed E-state index contributed by atoms with van der Waals surface area (Å²) in [6.07, 6.45) is 4.11. The van der Waals surface area contributed by atoms with Crippen LogP contribution in [0.15, 0.2) is 36.7 Å². The Balaban J connectivity index is 1.52. The highest BCUT2D eigenvalue weighted by atomic mass is 15.3. The van der Waals surface area contributed by atoms with E-state index in [0.717, 1.165) is 38.4 Å². The Hall–Kier alpha value is -1.88. The van der Waals surface area contributed by atoms with Gasteiger partial charge in [-0.15, -0.1) is 10.2 Å². The lowest BCUT2D eigenvalue weighted by atomic mass is 10.2. The third kappa shape index (κ3) is 3.42. The van der Waals surface area contributed by atoms with Gasteiger partial charge in [-0.1, -0.05) is 25.1 Å². The van der Waals surface area contributed by atoms with Crippen molar-refractivity contribution in [1.29, 1.82) is 0 Å². The summed E-state index contributed by atoms with van der Waals surface area (Å²) in [4.78, 5) is 2.44. The Morgan fingerprint density at radius 1 is 1.29 bits per heavy atom. The molecule has 0 spiro atoms. The molecule has 112 valence electrons. The second-order valence-corrected chi connectivity index (χ2v) is 5.59. The topological polar surface area (TPSA) is 46.0 Å². The minimum absolute atomic E-state index is 0.525. The lowest BCUT2D eigenvalue weighted by Gasteiger charge is -2.19. The van der Waals surface area contributed by atoms with Crippen molar-refractivity contribution in [2.75, 3.05) is 18.0 Å². The van der Waals surface area contributed by atoms with E-state index in [0.29, 0.717) is 6.04 Å². The van der Waals surface area contributed by atoms with Crippen LogP contribution in [0.2, 0.25) is 0 Å². The molecule has 1 aliphatic rings. The summed E-state index contributed by atoms with van der Waals surface area (Å²) >= 11 is 0. The van der Waals surface area contributed by atoms with Crippen molar-refractivity contribution < 1.29 is 0 Å². The molecule has 0 aliphatic carbocycles. The average molecular weight is 285 g/mol. The van der Waals surface area contributed by atoms with Crippen LogP contribution < -0.4 is 10.2 Å². The summed E-state index contributed by atoms with van der Waals surface area (Å²) in [5.41, 5.74) is 1.32. The van der Waals surface area contributed by atoms with E-state index in [4.69, 9.17) is 0 Å². The van der Waals surface area contributed by atoms with Crippen LogP contribution in [0.3, 0.4) is 0 Å². The van der Waals surface area contributed by atoms with Gasteiger partial charge in [0.15, 0.2) is 0 Å². The molecule has 0 amide bonds. The van der Waals surface area contributed by atoms with Crippen LogP contribution in [0.5, 0.6) is 0 Å². The number of nitrogens with one attached hydrogen (secondary N) is 1. The van der Waals surface area contributed by atoms with Gasteiger partial charge in [-0.3, -0.25) is 0 Å². The number of hydrogen-bond acceptors (Lipinski definition) is 4. The van der Waals surface area contributed by atoms with E-state index in [1.54, 1.807) is 0 Å². The number of para-hydroxylation sites is 1. The molecule has 1 saturated heterocycles. The first-order valence-electron chi connectivity index (χ1n) is 7.77. The van der Waals surface area contributed by atoms with Gasteiger partial charge in [0, 0.05) is 31.4 Å². The highest BCUT2D eigenvalue weighted by Gasteiger charge is 2.22. The maximum absolute atomic E-state index is 4.21. The highest BCUT2D eigenvalue weighted by Crippen LogP contribution is 2.19. The van der Waals surface area contributed by atoms with E-state index in [1.165, 1.54) is 12.1 Å². The molecular weight excluding hydrogens is 262 g/mol. The summed E-state index contributed by atoms with van der Waals surface area (Å²) in [6, 6.07) is 11.2. The van der Waals surface area contributed by atoms with Gasteiger partial charge in [-0.2, -0.15) is 0 Å². The molecule has 3 rings (SSSR count). The molecule has 1 aromatic heterocycles. The van der Waals surface area contributed by atoms with Crippen LogP contribution in [-0.4, -0.2) is 33.9 Å². The maximum atomic E-state index is 4.21. The van der Waals surface area contributed by atoms with Crippen LogP contribution in [0.25, 0.3) is 0 Å². The fourth-order valence-corrected chi connectivity index (χ4v) is 2.88. The van der Waals surface area contributed by atoms with Crippen molar-refractivity contribution in [3.05, 3.63) is 42.5 Å². The fourth-order valence-electron chi connectivity index (χ4n) is 2.88. The second-order valence-electron chi connectivity index (χ2n) is 5.59. The molecule has 1 unspecified atom stereocenters. The zero-order valence-electron chi connectivity index (χ0n) is 12.6. The molecule has 0 bridgehead atoms. The third-order valence-electron chi connectivity index (χ3n) is 4.02. The number of rotatable bonds is 6. The van der Waals surface area contributed by atoms with E-state index in [1.807, 2.05) is 6.33 Å². The molecule has 1 N–H and O–H groups in total. The van der Waals surface area contributed by atoms with Crippen molar-refractivity contribution in [3.63, 3.8) is 0 Å². The van der Waals surface area contributed by atoms with Crippen LogP contribution in [0.1, 0.15) is 25.6 Å². The van der Waals surface area contributed by atoms with Crippen LogP contribution in [0.4, 0.5) is 5.69 Å². The number of anilines is 1. The third-order valence-corrected chi connectivity index (χ3v) is 4.02. The number of aryl methyl sites for hydroxylation is 1. The summed E-state index contributed by atoms with van der Waals surface area (Å²) < 4.78 is 2.14. The number of aromatic nitrogens is 3. The van der Waals surface area contributed by atoms with Crippen LogP contribution in [0, 0.1) is 0 Å². The fraction of sp³-hybridized carbons (Fsp3) is 0.500. The largest absolute Gasteiger partial charge is 0.370 e. The lowest BCUT2D eigenvalue weighted by Crippen LogP contribution is -2.33. The normalized spacial score (nSPS) is 18.3. The highest BCUT2D eigenvalue weighted by molar-refractivity contribution is 5.47. The Kier molecular flexibility index (Phi) is 4.50. The minimum Gasteiger partial charge on any atom is -0.370 e. The molecular formula is C16H23N5. The van der Waals surface area contributed by atoms with Gasteiger partial charge >= 0.3 is 0 Å². The Labute approximate surface area is 126 Å². The van der Waals surface area contributed by atoms with Gasteiger partial charge in [0.2, 0.25) is 0 Å². The standard InChI is InChI=1S/C16H23N5/c1-2-9-21-13-18-19-16(21)11-17-14-8-10-20(12-14)15-6-4-3-5-7-15/h3-7,13-14,17H,2,8-12H2,1H3. The zero-order chi connectivity index (χ0) is 14.5. The Bertz CT molecular complexity index is 551. The smallest absolute Gasteiger partial charge is 0.146 e. The molecule has 0 saturated carbocycles. The first kappa shape index (κ1) is 14.1. The zero-order valence-corrected chi connectivity index (χ0v) is 12.6. The van der Waals surface area contributed by atoms with E-state index in [9.17, 15) is 0 Å². The number of nitrogens with zero attached hydrogens (tertiary/aromatic N) is 4. The van der Waals surface area contributed by atoms with E-state index in [2.05, 4.69) is 62.2 Å². The molecule has 0 radical (unpaired) electrons. The summed E-state index contributed by atoms with van der Waals surface area (Å²) in [7, 11) is 0. The van der Waals surface area contributed by atoms with Gasteiger partial charge in [0.25, 0.3) is 0 Å². The molecule has 2 aromatic rings. The predicted molar refractivity (Wildman–Crippen MR) is 84.2 cm³/mol. The van der Waals surface area contributed by atoms with Crippen molar-refractivity contribution >= 4 is 5.69 Å². The van der Waals surface area contributed by atoms with Crippen molar-refractivity contribution in [1.82, 2.24) is 20.1 Å². The van der Waals surface area contributed by atoms with E-state index < -0.39 is 0 Å². The van der Waals surface area contributed by atoms with E-state index >= 15 is 0 Å². The van der Waals surface area contributed by atoms with Crippen molar-refractivity contribution in [2.24, 2.45) is 0 Å². The summed E-state index contributed by atoms with van der Waals surface area (Å²) in [5.74, 6) is 1.04. The maximum Gasteiger partial charge on any atom is 0.146 e. The molecule has 1 atom stereocenters. The monoisotopic (exact) mass is 285 g/mol. The molecule has 21 heavy (non-hydrogen) atoms. The van der Waals surface area contributed by atoms with Crippen molar-refractivity contribution in [3.8, 4) is 0 Å². The van der Waals surface area contributed by atoms with Gasteiger partial charge in [0.05, 0.1) is 6.54 Å². The van der Waals surface area contributed by atoms with Gasteiger partial charge in [-0.25, -0.2) is 0 Å². The van der Waals surface area contributed by atoms with Crippen molar-refractivity contribution in [2.45, 2.75) is 38.9 Å². The first-order chi connectivity index (χ1) is 10.4. The molecule has 1 fully saturated rings. The lowest BCUT2D eigenvalue weighted by molar-refractivity contribution is 0.517. The molecule has 1 aliphatic heterocycles. The Morgan fingerprint density at radius 2 is 2.14 bits per heavy atom. The second kappa shape index (κ2) is 6.72. The summed E-state index contributed by atoms with van der Waals surface area (Å²) in [5, 5.41) is 11.8. The first-order valence-corrected chi connectivity index (χ1v) is 7.77. The van der Waals surface area contributed by atoms with Gasteiger partial charge in [-0.05, 0) is 25.0 Å². The number of benzene rings is 1. The quantitative estimate of drug-likeness (QED) is 0.882. The van der Waals surface area contributed by atoms with E-state index in [-0.39, 0.29) is 0 Å². The molecule has 2 heterocycles.